The van der Waals surface area contributed by atoms with Crippen molar-refractivity contribution in [2.45, 2.75) is 19.9 Å². The van der Waals surface area contributed by atoms with Crippen LogP contribution in [0.4, 0.5) is 0 Å². The van der Waals surface area contributed by atoms with Gasteiger partial charge in [-0.05, 0) is 25.1 Å². The first-order chi connectivity index (χ1) is 8.05. The number of hydrogen-bond donors (Lipinski definition) is 2. The molecule has 1 aromatic heterocycles. The average molecular weight is 257 g/mol. The molecule has 1 heterocycles. The van der Waals surface area contributed by atoms with Crippen molar-refractivity contribution in [2.24, 2.45) is 0 Å². The minimum Gasteiger partial charge on any atom is -0.316 e. The summed E-state index contributed by atoms with van der Waals surface area (Å²) in [6.07, 6.45) is 3.33. The molecule has 0 radical (unpaired) electrons. The molecule has 5 nitrogen and oxygen atoms in total. The molecule has 96 valence electrons. The van der Waals surface area contributed by atoms with E-state index in [1.807, 2.05) is 19.9 Å². The fourth-order valence-electron chi connectivity index (χ4n) is 1.41. The number of sulfonamides is 1. The van der Waals surface area contributed by atoms with Crippen molar-refractivity contribution in [2.75, 3.05) is 18.8 Å². The van der Waals surface area contributed by atoms with E-state index in [-0.39, 0.29) is 11.8 Å². The third-order valence-electron chi connectivity index (χ3n) is 2.34. The van der Waals surface area contributed by atoms with Crippen molar-refractivity contribution in [3.05, 3.63) is 30.1 Å². The molecule has 0 saturated heterocycles. The van der Waals surface area contributed by atoms with Gasteiger partial charge in [0.05, 0.1) is 5.75 Å². The van der Waals surface area contributed by atoms with Crippen molar-refractivity contribution >= 4 is 10.0 Å². The highest BCUT2D eigenvalue weighted by molar-refractivity contribution is 7.89. The fraction of sp³-hybridized carbons (Fsp3) is 0.545. The molecular weight excluding hydrogens is 238 g/mol. The summed E-state index contributed by atoms with van der Waals surface area (Å²) in [4.78, 5) is 3.96. The maximum absolute atomic E-state index is 11.7. The zero-order valence-electron chi connectivity index (χ0n) is 10.2. The first kappa shape index (κ1) is 14.1. The molecule has 0 amide bonds. The van der Waals surface area contributed by atoms with Gasteiger partial charge in [0.1, 0.15) is 0 Å². The fourth-order valence-corrected chi connectivity index (χ4v) is 2.62. The molecule has 1 aromatic rings. The third-order valence-corrected chi connectivity index (χ3v) is 3.79. The van der Waals surface area contributed by atoms with E-state index in [1.165, 1.54) is 0 Å². The van der Waals surface area contributed by atoms with Gasteiger partial charge in [-0.25, -0.2) is 13.1 Å². The SMILES string of the molecule is CCNCCS(=O)(=O)NC(C)c1cccnc1. The minimum atomic E-state index is -3.24. The van der Waals surface area contributed by atoms with Crippen LogP contribution >= 0.6 is 0 Å². The first-order valence-corrected chi connectivity index (χ1v) is 7.31. The van der Waals surface area contributed by atoms with Crippen LogP contribution in [0.2, 0.25) is 0 Å². The molecule has 0 saturated carbocycles. The summed E-state index contributed by atoms with van der Waals surface area (Å²) in [6.45, 7) is 4.99. The van der Waals surface area contributed by atoms with Crippen LogP contribution in [0.5, 0.6) is 0 Å². The van der Waals surface area contributed by atoms with Crippen LogP contribution in [0.15, 0.2) is 24.5 Å². The summed E-state index contributed by atoms with van der Waals surface area (Å²) in [6, 6.07) is 3.39. The van der Waals surface area contributed by atoms with Crippen LogP contribution in [0.1, 0.15) is 25.5 Å². The normalized spacial score (nSPS) is 13.5. The molecule has 0 fully saturated rings. The Kier molecular flexibility index (Phi) is 5.54. The van der Waals surface area contributed by atoms with E-state index in [1.54, 1.807) is 18.5 Å². The van der Waals surface area contributed by atoms with Crippen LogP contribution in [0, 0.1) is 0 Å². The van der Waals surface area contributed by atoms with Crippen LogP contribution in [-0.2, 0) is 10.0 Å². The van der Waals surface area contributed by atoms with Crippen molar-refractivity contribution in [3.63, 3.8) is 0 Å². The van der Waals surface area contributed by atoms with E-state index in [0.29, 0.717) is 6.54 Å². The first-order valence-electron chi connectivity index (χ1n) is 5.66. The van der Waals surface area contributed by atoms with Gasteiger partial charge in [-0.2, -0.15) is 0 Å². The second-order valence-corrected chi connectivity index (χ2v) is 5.67. The van der Waals surface area contributed by atoms with E-state index in [4.69, 9.17) is 0 Å². The molecular formula is C11H19N3O2S. The molecule has 0 spiro atoms. The molecule has 0 aliphatic rings. The number of hydrogen-bond acceptors (Lipinski definition) is 4. The highest BCUT2D eigenvalue weighted by atomic mass is 32.2. The second kappa shape index (κ2) is 6.68. The number of nitrogens with zero attached hydrogens (tertiary/aromatic N) is 1. The Morgan fingerprint density at radius 1 is 1.47 bits per heavy atom. The predicted octanol–water partition coefficient (Wildman–Crippen LogP) is 0.671. The lowest BCUT2D eigenvalue weighted by molar-refractivity contribution is 0.563. The Bertz CT molecular complexity index is 420. The smallest absolute Gasteiger partial charge is 0.213 e. The summed E-state index contributed by atoms with van der Waals surface area (Å²) in [7, 11) is -3.24. The van der Waals surface area contributed by atoms with Gasteiger partial charge in [-0.15, -0.1) is 0 Å². The molecule has 0 bridgehead atoms. The molecule has 0 aliphatic carbocycles. The summed E-state index contributed by atoms with van der Waals surface area (Å²) in [5, 5.41) is 2.99. The maximum atomic E-state index is 11.7. The van der Waals surface area contributed by atoms with Crippen LogP contribution < -0.4 is 10.0 Å². The van der Waals surface area contributed by atoms with E-state index >= 15 is 0 Å². The number of nitrogens with one attached hydrogen (secondary N) is 2. The minimum absolute atomic E-state index is 0.0887. The van der Waals surface area contributed by atoms with Gasteiger partial charge in [0.2, 0.25) is 10.0 Å². The molecule has 17 heavy (non-hydrogen) atoms. The average Bonchev–Trinajstić information content (AvgIpc) is 2.30. The summed E-state index contributed by atoms with van der Waals surface area (Å²) >= 11 is 0. The van der Waals surface area contributed by atoms with Crippen molar-refractivity contribution in [1.82, 2.24) is 15.0 Å². The van der Waals surface area contributed by atoms with E-state index in [2.05, 4.69) is 15.0 Å². The molecule has 1 rings (SSSR count). The Balaban J connectivity index is 2.53. The van der Waals surface area contributed by atoms with Gasteiger partial charge < -0.3 is 5.32 Å². The molecule has 1 atom stereocenters. The number of rotatable bonds is 7. The number of pyridine rings is 1. The Morgan fingerprint density at radius 3 is 2.82 bits per heavy atom. The molecule has 0 aliphatic heterocycles. The summed E-state index contributed by atoms with van der Waals surface area (Å²) in [5.74, 6) is 0.0887. The van der Waals surface area contributed by atoms with Crippen molar-refractivity contribution < 1.29 is 8.42 Å². The Labute approximate surface area is 103 Å². The van der Waals surface area contributed by atoms with Crippen LogP contribution in [0.3, 0.4) is 0 Å². The molecule has 6 heteroatoms. The highest BCUT2D eigenvalue weighted by Crippen LogP contribution is 2.10. The second-order valence-electron chi connectivity index (χ2n) is 3.80. The van der Waals surface area contributed by atoms with Gasteiger partial charge >= 0.3 is 0 Å². The molecule has 0 aromatic carbocycles. The predicted molar refractivity (Wildman–Crippen MR) is 68.1 cm³/mol. The Hall–Kier alpha value is -0.980. The topological polar surface area (TPSA) is 71.1 Å². The van der Waals surface area contributed by atoms with Gasteiger partial charge in [0.25, 0.3) is 0 Å². The number of aromatic nitrogens is 1. The Morgan fingerprint density at radius 2 is 2.24 bits per heavy atom. The van der Waals surface area contributed by atoms with E-state index in [0.717, 1.165) is 12.1 Å². The maximum Gasteiger partial charge on any atom is 0.213 e. The highest BCUT2D eigenvalue weighted by Gasteiger charge is 2.15. The van der Waals surface area contributed by atoms with Crippen LogP contribution in [0.25, 0.3) is 0 Å². The van der Waals surface area contributed by atoms with Crippen molar-refractivity contribution in [3.8, 4) is 0 Å². The zero-order chi connectivity index (χ0) is 12.7. The van der Waals surface area contributed by atoms with Gasteiger partial charge in [0, 0.05) is 25.0 Å². The molecule has 2 N–H and O–H groups in total. The zero-order valence-corrected chi connectivity index (χ0v) is 11.0. The third kappa shape index (κ3) is 5.25. The van der Waals surface area contributed by atoms with Crippen molar-refractivity contribution in [1.29, 1.82) is 0 Å². The van der Waals surface area contributed by atoms with Gasteiger partial charge in [-0.1, -0.05) is 13.0 Å². The van der Waals surface area contributed by atoms with E-state index in [9.17, 15) is 8.42 Å². The van der Waals surface area contributed by atoms with Gasteiger partial charge in [0.15, 0.2) is 0 Å². The van der Waals surface area contributed by atoms with Crippen LogP contribution in [-0.4, -0.2) is 32.2 Å². The summed E-state index contributed by atoms with van der Waals surface area (Å²) in [5.41, 5.74) is 0.861. The monoisotopic (exact) mass is 257 g/mol. The van der Waals surface area contributed by atoms with Gasteiger partial charge in [-0.3, -0.25) is 4.98 Å². The standard InChI is InChI=1S/C11H19N3O2S/c1-3-12-7-8-17(15,16)14-10(2)11-5-4-6-13-9-11/h4-6,9-10,12,14H,3,7-8H2,1-2H3. The lowest BCUT2D eigenvalue weighted by Crippen LogP contribution is -2.33. The van der Waals surface area contributed by atoms with E-state index < -0.39 is 10.0 Å². The quantitative estimate of drug-likeness (QED) is 0.704. The molecule has 1 unspecified atom stereocenters. The lowest BCUT2D eigenvalue weighted by Gasteiger charge is -2.14. The largest absolute Gasteiger partial charge is 0.316 e. The lowest BCUT2D eigenvalue weighted by atomic mass is 10.2. The summed E-state index contributed by atoms with van der Waals surface area (Å²) < 4.78 is 26.1.